The van der Waals surface area contributed by atoms with Crippen LogP contribution in [0, 0.1) is 0 Å². The van der Waals surface area contributed by atoms with E-state index in [0.717, 1.165) is 42.4 Å². The maximum atomic E-state index is 12.7. The molecule has 1 heterocycles. The number of nitrogens with one attached hydrogen (secondary N) is 1. The third kappa shape index (κ3) is 4.90. The zero-order chi connectivity index (χ0) is 18.4. The van der Waals surface area contributed by atoms with Crippen LogP contribution in [0.15, 0.2) is 60.7 Å². The van der Waals surface area contributed by atoms with Crippen LogP contribution in [-0.4, -0.2) is 53.9 Å². The smallest absolute Gasteiger partial charge is 0.169 e. The first kappa shape index (κ1) is 18.5. The Bertz CT molecular complexity index is 727. The van der Waals surface area contributed by atoms with Gasteiger partial charge in [-0.15, -0.1) is 0 Å². The van der Waals surface area contributed by atoms with Crippen molar-refractivity contribution in [1.29, 1.82) is 0 Å². The second-order valence-corrected chi connectivity index (χ2v) is 7.08. The van der Waals surface area contributed by atoms with Gasteiger partial charge in [0.2, 0.25) is 0 Å². The first-order chi connectivity index (χ1) is 12.6. The summed E-state index contributed by atoms with van der Waals surface area (Å²) in [5.74, 6) is 0.119. The number of benzene rings is 2. The molecule has 1 saturated heterocycles. The first-order valence-corrected chi connectivity index (χ1v) is 9.41. The minimum absolute atomic E-state index is 0.119. The van der Waals surface area contributed by atoms with Gasteiger partial charge in [0.25, 0.3) is 0 Å². The van der Waals surface area contributed by atoms with Crippen molar-refractivity contribution in [1.82, 2.24) is 15.1 Å². The number of ketones is 1. The Morgan fingerprint density at radius 3 is 2.19 bits per heavy atom. The van der Waals surface area contributed by atoms with E-state index in [0.29, 0.717) is 6.42 Å². The van der Waals surface area contributed by atoms with E-state index in [-0.39, 0.29) is 11.8 Å². The Labute approximate surface area is 160 Å². The summed E-state index contributed by atoms with van der Waals surface area (Å²) in [6.07, 6.45) is 0.377. The zero-order valence-electron chi connectivity index (χ0n) is 15.1. The van der Waals surface area contributed by atoms with Crippen molar-refractivity contribution >= 4 is 23.1 Å². The van der Waals surface area contributed by atoms with E-state index in [1.807, 2.05) is 60.7 Å². The van der Waals surface area contributed by atoms with E-state index in [2.05, 4.69) is 22.2 Å². The minimum Gasteiger partial charge on any atom is -0.355 e. The van der Waals surface area contributed by atoms with E-state index >= 15 is 0 Å². The zero-order valence-corrected chi connectivity index (χ0v) is 15.9. The number of carbonyl (C=O) groups is 1. The van der Waals surface area contributed by atoms with Crippen molar-refractivity contribution in [2.75, 3.05) is 33.2 Å². The van der Waals surface area contributed by atoms with Crippen LogP contribution >= 0.6 is 12.2 Å². The standard InChI is InChI=1S/C21H25N3OS/c1-23-12-14-24(15-13-23)21(26)22-19(17-8-4-2-5-9-17)16-20(25)18-10-6-3-7-11-18/h2-11,19H,12-16H2,1H3,(H,22,26)/t19-/m1/s1. The predicted octanol–water partition coefficient (Wildman–Crippen LogP) is 3.12. The lowest BCUT2D eigenvalue weighted by Crippen LogP contribution is -2.51. The Balaban J connectivity index is 1.72. The number of thiocarbonyl (C=S) groups is 1. The third-order valence-electron chi connectivity index (χ3n) is 4.78. The van der Waals surface area contributed by atoms with Crippen molar-refractivity contribution in [2.45, 2.75) is 12.5 Å². The number of piperazine rings is 1. The topological polar surface area (TPSA) is 35.6 Å². The van der Waals surface area contributed by atoms with Gasteiger partial charge in [-0.05, 0) is 24.8 Å². The number of hydrogen-bond donors (Lipinski definition) is 1. The fourth-order valence-electron chi connectivity index (χ4n) is 3.11. The molecule has 0 amide bonds. The summed E-state index contributed by atoms with van der Waals surface area (Å²) in [5.41, 5.74) is 1.81. The van der Waals surface area contributed by atoms with E-state index in [4.69, 9.17) is 12.2 Å². The molecule has 1 N–H and O–H groups in total. The van der Waals surface area contributed by atoms with Gasteiger partial charge in [-0.1, -0.05) is 60.7 Å². The summed E-state index contributed by atoms with van der Waals surface area (Å²) in [6, 6.07) is 19.4. The lowest BCUT2D eigenvalue weighted by molar-refractivity contribution is 0.0971. The van der Waals surface area contributed by atoms with Crippen LogP contribution in [0.5, 0.6) is 0 Å². The average Bonchev–Trinajstić information content (AvgIpc) is 2.69. The summed E-state index contributed by atoms with van der Waals surface area (Å²) in [6.45, 7) is 3.83. The highest BCUT2D eigenvalue weighted by Gasteiger charge is 2.22. The maximum Gasteiger partial charge on any atom is 0.169 e. The number of rotatable bonds is 5. The predicted molar refractivity (Wildman–Crippen MR) is 109 cm³/mol. The summed E-state index contributed by atoms with van der Waals surface area (Å²) in [4.78, 5) is 17.2. The van der Waals surface area contributed by atoms with E-state index in [1.165, 1.54) is 0 Å². The van der Waals surface area contributed by atoms with Gasteiger partial charge in [-0.25, -0.2) is 0 Å². The quantitative estimate of drug-likeness (QED) is 0.649. The molecule has 3 rings (SSSR count). The molecule has 2 aromatic carbocycles. The third-order valence-corrected chi connectivity index (χ3v) is 5.15. The van der Waals surface area contributed by atoms with Crippen LogP contribution in [0.3, 0.4) is 0 Å². The van der Waals surface area contributed by atoms with Crippen molar-refractivity contribution in [3.63, 3.8) is 0 Å². The molecule has 0 aliphatic carbocycles. The highest BCUT2D eigenvalue weighted by atomic mass is 32.1. The lowest BCUT2D eigenvalue weighted by Gasteiger charge is -2.35. The lowest BCUT2D eigenvalue weighted by atomic mass is 9.98. The van der Waals surface area contributed by atoms with Gasteiger partial charge in [0.1, 0.15) is 0 Å². The molecule has 136 valence electrons. The molecular weight excluding hydrogens is 342 g/mol. The van der Waals surface area contributed by atoms with Gasteiger partial charge in [0.15, 0.2) is 10.9 Å². The van der Waals surface area contributed by atoms with Gasteiger partial charge >= 0.3 is 0 Å². The van der Waals surface area contributed by atoms with Crippen LogP contribution in [0.25, 0.3) is 0 Å². The molecule has 0 aromatic heterocycles. The Kier molecular flexibility index (Phi) is 6.36. The van der Waals surface area contributed by atoms with Crippen molar-refractivity contribution in [2.24, 2.45) is 0 Å². The molecule has 1 aliphatic heterocycles. The molecule has 0 radical (unpaired) electrons. The molecule has 0 spiro atoms. The van der Waals surface area contributed by atoms with Gasteiger partial charge in [-0.2, -0.15) is 0 Å². The largest absolute Gasteiger partial charge is 0.355 e. The monoisotopic (exact) mass is 367 g/mol. The molecule has 2 aromatic rings. The van der Waals surface area contributed by atoms with Gasteiger partial charge in [-0.3, -0.25) is 4.79 Å². The second kappa shape index (κ2) is 8.92. The molecule has 1 aliphatic rings. The number of Topliss-reactive ketones (excluding diaryl/α,β-unsaturated/α-hetero) is 1. The summed E-state index contributed by atoms with van der Waals surface area (Å²) in [5, 5.41) is 4.17. The van der Waals surface area contributed by atoms with E-state index < -0.39 is 0 Å². The SMILES string of the molecule is CN1CCN(C(=S)N[C@H](CC(=O)c2ccccc2)c2ccccc2)CC1. The molecule has 1 atom stereocenters. The molecule has 5 heteroatoms. The molecule has 0 unspecified atom stereocenters. The normalized spacial score (nSPS) is 16.1. The summed E-state index contributed by atoms with van der Waals surface area (Å²) < 4.78 is 0. The first-order valence-electron chi connectivity index (χ1n) is 9.00. The number of nitrogens with zero attached hydrogens (tertiary/aromatic N) is 2. The van der Waals surface area contributed by atoms with Crippen LogP contribution < -0.4 is 5.32 Å². The Morgan fingerprint density at radius 1 is 1.00 bits per heavy atom. The van der Waals surface area contributed by atoms with Crippen molar-refractivity contribution < 1.29 is 4.79 Å². The fraction of sp³-hybridized carbons (Fsp3) is 0.333. The van der Waals surface area contributed by atoms with Crippen molar-refractivity contribution in [3.8, 4) is 0 Å². The summed E-state index contributed by atoms with van der Waals surface area (Å²) >= 11 is 5.64. The second-order valence-electron chi connectivity index (χ2n) is 6.70. The molecule has 4 nitrogen and oxygen atoms in total. The molecule has 0 saturated carbocycles. The molecule has 0 bridgehead atoms. The van der Waals surface area contributed by atoms with Crippen LogP contribution in [0.2, 0.25) is 0 Å². The van der Waals surface area contributed by atoms with Crippen LogP contribution in [-0.2, 0) is 0 Å². The highest BCUT2D eigenvalue weighted by molar-refractivity contribution is 7.80. The van der Waals surface area contributed by atoms with E-state index in [1.54, 1.807) is 0 Å². The average molecular weight is 368 g/mol. The molecule has 26 heavy (non-hydrogen) atoms. The van der Waals surface area contributed by atoms with Gasteiger partial charge < -0.3 is 15.1 Å². The van der Waals surface area contributed by atoms with Gasteiger partial charge in [0.05, 0.1) is 6.04 Å². The van der Waals surface area contributed by atoms with Crippen LogP contribution in [0.1, 0.15) is 28.4 Å². The summed E-state index contributed by atoms with van der Waals surface area (Å²) in [7, 11) is 2.12. The van der Waals surface area contributed by atoms with Crippen LogP contribution in [0.4, 0.5) is 0 Å². The van der Waals surface area contributed by atoms with Crippen molar-refractivity contribution in [3.05, 3.63) is 71.8 Å². The Hall–Kier alpha value is -2.24. The molecule has 1 fully saturated rings. The highest BCUT2D eigenvalue weighted by Crippen LogP contribution is 2.20. The van der Waals surface area contributed by atoms with Gasteiger partial charge in [0, 0.05) is 38.2 Å². The Morgan fingerprint density at radius 2 is 1.58 bits per heavy atom. The number of carbonyl (C=O) groups excluding carboxylic acids is 1. The van der Waals surface area contributed by atoms with E-state index in [9.17, 15) is 4.79 Å². The number of hydrogen-bond acceptors (Lipinski definition) is 3. The molecular formula is C21H25N3OS. The fourth-order valence-corrected chi connectivity index (χ4v) is 3.44. The minimum atomic E-state index is -0.129. The maximum absolute atomic E-state index is 12.7. The number of likely N-dealkylation sites (N-methyl/N-ethyl adjacent to an activating group) is 1.